The van der Waals surface area contributed by atoms with Gasteiger partial charge in [0.2, 0.25) is 5.95 Å². The molecule has 5 nitrogen and oxygen atoms in total. The summed E-state index contributed by atoms with van der Waals surface area (Å²) >= 11 is 3.51. The van der Waals surface area contributed by atoms with Crippen molar-refractivity contribution in [2.45, 2.75) is 32.6 Å². The number of halogens is 1. The van der Waals surface area contributed by atoms with Crippen LogP contribution in [-0.2, 0) is 0 Å². The molecule has 2 rings (SSSR count). The number of rotatable bonds is 4. The fraction of sp³-hybridized carbons (Fsp3) is 0.667. The maximum Gasteiger partial charge on any atom is 0.239 e. The summed E-state index contributed by atoms with van der Waals surface area (Å²) in [6, 6.07) is 0. The highest BCUT2D eigenvalue weighted by atomic mass is 79.9. The second-order valence-corrected chi connectivity index (χ2v) is 5.58. The molecule has 0 amide bonds. The Morgan fingerprint density at radius 2 is 2.22 bits per heavy atom. The number of nitrogens with one attached hydrogen (secondary N) is 1. The molecule has 3 N–H and O–H groups in total. The van der Waals surface area contributed by atoms with Gasteiger partial charge in [-0.25, -0.2) is 10.8 Å². The van der Waals surface area contributed by atoms with Crippen LogP contribution in [0.1, 0.15) is 32.6 Å². The van der Waals surface area contributed by atoms with E-state index in [2.05, 4.69) is 43.1 Å². The van der Waals surface area contributed by atoms with Gasteiger partial charge >= 0.3 is 0 Å². The number of nitrogens with two attached hydrogens (primary N) is 1. The zero-order valence-corrected chi connectivity index (χ0v) is 12.3. The summed E-state index contributed by atoms with van der Waals surface area (Å²) in [7, 11) is 0. The molecule has 0 spiro atoms. The minimum absolute atomic E-state index is 0.462. The van der Waals surface area contributed by atoms with E-state index in [1.165, 1.54) is 25.7 Å². The predicted molar refractivity (Wildman–Crippen MR) is 77.4 cm³/mol. The molecule has 0 saturated carbocycles. The lowest BCUT2D eigenvalue weighted by molar-refractivity contribution is 0.377. The molecule has 0 bridgehead atoms. The van der Waals surface area contributed by atoms with E-state index in [1.54, 1.807) is 6.20 Å². The molecule has 1 saturated heterocycles. The Labute approximate surface area is 116 Å². The lowest BCUT2D eigenvalue weighted by Crippen LogP contribution is -2.34. The zero-order valence-electron chi connectivity index (χ0n) is 10.7. The van der Waals surface area contributed by atoms with Crippen LogP contribution < -0.4 is 16.2 Å². The van der Waals surface area contributed by atoms with E-state index in [0.29, 0.717) is 5.95 Å². The summed E-state index contributed by atoms with van der Waals surface area (Å²) in [6.45, 7) is 4.38. The molecule has 0 radical (unpaired) electrons. The fourth-order valence-corrected chi connectivity index (χ4v) is 2.93. The molecule has 1 aliphatic rings. The van der Waals surface area contributed by atoms with Crippen molar-refractivity contribution in [1.82, 2.24) is 9.97 Å². The van der Waals surface area contributed by atoms with Crippen molar-refractivity contribution in [3.8, 4) is 0 Å². The summed E-state index contributed by atoms with van der Waals surface area (Å²) in [5.74, 6) is 7.62. The Balaban J connectivity index is 2.04. The van der Waals surface area contributed by atoms with Crippen molar-refractivity contribution < 1.29 is 0 Å². The van der Waals surface area contributed by atoms with Gasteiger partial charge in [-0.3, -0.25) is 5.43 Å². The number of nitrogen functional groups attached to an aromatic ring is 1. The number of hydrazine groups is 1. The van der Waals surface area contributed by atoms with Crippen LogP contribution in [0.4, 0.5) is 11.8 Å². The largest absolute Gasteiger partial charge is 0.355 e. The van der Waals surface area contributed by atoms with Crippen molar-refractivity contribution in [3.63, 3.8) is 0 Å². The topological polar surface area (TPSA) is 67.1 Å². The maximum atomic E-state index is 5.35. The third-order valence-corrected chi connectivity index (χ3v) is 4.03. The quantitative estimate of drug-likeness (QED) is 0.660. The van der Waals surface area contributed by atoms with Gasteiger partial charge in [0.15, 0.2) is 0 Å². The molecule has 0 aromatic carbocycles. The third-order valence-electron chi connectivity index (χ3n) is 3.47. The fourth-order valence-electron chi connectivity index (χ4n) is 2.49. The standard InChI is InChI=1S/C12H20BrN5/c1-2-3-9-4-6-18(7-5-9)11-10(13)8-15-12(16-11)17-14/h8-9H,2-7,14H2,1H3,(H,15,16,17). The minimum Gasteiger partial charge on any atom is -0.355 e. The molecule has 0 atom stereocenters. The number of nitrogens with zero attached hydrogens (tertiary/aromatic N) is 3. The van der Waals surface area contributed by atoms with E-state index in [1.807, 2.05) is 0 Å². The number of aromatic nitrogens is 2. The van der Waals surface area contributed by atoms with Gasteiger partial charge in [0.1, 0.15) is 5.82 Å². The average Bonchev–Trinajstić information content (AvgIpc) is 2.41. The van der Waals surface area contributed by atoms with Crippen molar-refractivity contribution in [2.24, 2.45) is 11.8 Å². The Bertz CT molecular complexity index is 390. The molecule has 0 aliphatic carbocycles. The van der Waals surface area contributed by atoms with Gasteiger partial charge in [0.05, 0.1) is 4.47 Å². The summed E-state index contributed by atoms with van der Waals surface area (Å²) in [5, 5.41) is 0. The predicted octanol–water partition coefficient (Wildman–Crippen LogP) is 2.54. The highest BCUT2D eigenvalue weighted by Gasteiger charge is 2.21. The van der Waals surface area contributed by atoms with Crippen LogP contribution in [0.3, 0.4) is 0 Å². The Kier molecular flexibility index (Phi) is 4.77. The van der Waals surface area contributed by atoms with Crippen LogP contribution in [0, 0.1) is 5.92 Å². The Hall–Kier alpha value is -0.880. The minimum atomic E-state index is 0.462. The number of anilines is 2. The highest BCUT2D eigenvalue weighted by molar-refractivity contribution is 9.10. The molecule has 1 aromatic rings. The molecule has 0 unspecified atom stereocenters. The molecule has 6 heteroatoms. The van der Waals surface area contributed by atoms with Crippen molar-refractivity contribution >= 4 is 27.7 Å². The SMILES string of the molecule is CCCC1CCN(c2nc(NN)ncc2Br)CC1. The van der Waals surface area contributed by atoms with Gasteiger partial charge in [-0.2, -0.15) is 4.98 Å². The van der Waals surface area contributed by atoms with E-state index in [9.17, 15) is 0 Å². The van der Waals surface area contributed by atoms with E-state index >= 15 is 0 Å². The average molecular weight is 314 g/mol. The highest BCUT2D eigenvalue weighted by Crippen LogP contribution is 2.29. The van der Waals surface area contributed by atoms with E-state index < -0.39 is 0 Å². The van der Waals surface area contributed by atoms with Gasteiger partial charge in [0.25, 0.3) is 0 Å². The van der Waals surface area contributed by atoms with Crippen LogP contribution in [-0.4, -0.2) is 23.1 Å². The van der Waals surface area contributed by atoms with Crippen LogP contribution in [0.2, 0.25) is 0 Å². The van der Waals surface area contributed by atoms with Gasteiger partial charge in [-0.05, 0) is 34.7 Å². The molecule has 1 fully saturated rings. The smallest absolute Gasteiger partial charge is 0.239 e. The molecule has 1 aromatic heterocycles. The summed E-state index contributed by atoms with van der Waals surface area (Å²) in [5.41, 5.74) is 2.49. The number of hydrogen-bond acceptors (Lipinski definition) is 5. The first-order valence-corrected chi connectivity index (χ1v) is 7.28. The molecule has 100 valence electrons. The van der Waals surface area contributed by atoms with Crippen LogP contribution in [0.15, 0.2) is 10.7 Å². The summed E-state index contributed by atoms with van der Waals surface area (Å²) in [6.07, 6.45) is 6.86. The molecule has 2 heterocycles. The normalized spacial score (nSPS) is 16.9. The van der Waals surface area contributed by atoms with Gasteiger partial charge in [-0.15, -0.1) is 0 Å². The Morgan fingerprint density at radius 3 is 2.83 bits per heavy atom. The monoisotopic (exact) mass is 313 g/mol. The number of piperidine rings is 1. The summed E-state index contributed by atoms with van der Waals surface area (Å²) < 4.78 is 0.926. The van der Waals surface area contributed by atoms with Crippen molar-refractivity contribution in [1.29, 1.82) is 0 Å². The molecular weight excluding hydrogens is 294 g/mol. The van der Waals surface area contributed by atoms with E-state index in [-0.39, 0.29) is 0 Å². The van der Waals surface area contributed by atoms with Gasteiger partial charge < -0.3 is 4.90 Å². The summed E-state index contributed by atoms with van der Waals surface area (Å²) in [4.78, 5) is 10.8. The van der Waals surface area contributed by atoms with Crippen LogP contribution in [0.5, 0.6) is 0 Å². The lowest BCUT2D eigenvalue weighted by Gasteiger charge is -2.33. The second-order valence-electron chi connectivity index (χ2n) is 4.73. The lowest BCUT2D eigenvalue weighted by atomic mass is 9.92. The van der Waals surface area contributed by atoms with Crippen molar-refractivity contribution in [2.75, 3.05) is 23.4 Å². The first-order chi connectivity index (χ1) is 8.74. The van der Waals surface area contributed by atoms with E-state index in [0.717, 1.165) is 29.3 Å². The van der Waals surface area contributed by atoms with Crippen LogP contribution in [0.25, 0.3) is 0 Å². The first kappa shape index (κ1) is 13.5. The Morgan fingerprint density at radius 1 is 1.50 bits per heavy atom. The first-order valence-electron chi connectivity index (χ1n) is 6.48. The van der Waals surface area contributed by atoms with Gasteiger partial charge in [-0.1, -0.05) is 19.8 Å². The molecular formula is C12H20BrN5. The second kappa shape index (κ2) is 6.33. The molecule has 18 heavy (non-hydrogen) atoms. The van der Waals surface area contributed by atoms with Gasteiger partial charge in [0, 0.05) is 19.3 Å². The maximum absolute atomic E-state index is 5.35. The van der Waals surface area contributed by atoms with Crippen molar-refractivity contribution in [3.05, 3.63) is 10.7 Å². The van der Waals surface area contributed by atoms with Crippen LogP contribution >= 0.6 is 15.9 Å². The molecule has 1 aliphatic heterocycles. The van der Waals surface area contributed by atoms with E-state index in [4.69, 9.17) is 5.84 Å². The zero-order chi connectivity index (χ0) is 13.0. The third kappa shape index (κ3) is 3.11. The number of hydrogen-bond donors (Lipinski definition) is 2.